The van der Waals surface area contributed by atoms with Crippen LogP contribution in [0, 0.1) is 0 Å². The van der Waals surface area contributed by atoms with Crippen LogP contribution in [-0.2, 0) is 16.0 Å². The van der Waals surface area contributed by atoms with Crippen molar-refractivity contribution < 1.29 is 14.1 Å². The SMILES string of the molecule is CCC[C@@](C)(NC(=O)CCc1nc(-c2cccnc2)no1)C(=O)Nc1cccc(N2CCCC2)c1. The van der Waals surface area contributed by atoms with Gasteiger partial charge in [-0.25, -0.2) is 0 Å². The Labute approximate surface area is 205 Å². The maximum atomic E-state index is 13.2. The van der Waals surface area contributed by atoms with Crippen LogP contribution in [-0.4, -0.2) is 45.6 Å². The number of rotatable bonds is 10. The van der Waals surface area contributed by atoms with Gasteiger partial charge in [0, 0.05) is 55.3 Å². The molecule has 3 aromatic rings. The Balaban J connectivity index is 1.35. The number of hydrogen-bond acceptors (Lipinski definition) is 7. The van der Waals surface area contributed by atoms with E-state index in [9.17, 15) is 9.59 Å². The third-order valence-electron chi connectivity index (χ3n) is 6.20. The largest absolute Gasteiger partial charge is 0.371 e. The van der Waals surface area contributed by atoms with E-state index in [1.807, 2.05) is 31.2 Å². The molecule has 0 bridgehead atoms. The van der Waals surface area contributed by atoms with Gasteiger partial charge in [0.15, 0.2) is 0 Å². The summed E-state index contributed by atoms with van der Waals surface area (Å²) in [6.07, 6.45) is 7.36. The second-order valence-electron chi connectivity index (χ2n) is 9.08. The molecule has 3 heterocycles. The predicted molar refractivity (Wildman–Crippen MR) is 134 cm³/mol. The van der Waals surface area contributed by atoms with E-state index in [1.165, 1.54) is 12.8 Å². The van der Waals surface area contributed by atoms with Gasteiger partial charge in [-0.05, 0) is 56.5 Å². The molecule has 0 radical (unpaired) electrons. The summed E-state index contributed by atoms with van der Waals surface area (Å²) >= 11 is 0. The first kappa shape index (κ1) is 24.4. The van der Waals surface area contributed by atoms with Crippen molar-refractivity contribution in [1.82, 2.24) is 20.4 Å². The maximum Gasteiger partial charge on any atom is 0.249 e. The molecule has 1 aliphatic heterocycles. The number of pyridine rings is 1. The van der Waals surface area contributed by atoms with Crippen LogP contribution in [0.3, 0.4) is 0 Å². The third kappa shape index (κ3) is 6.23. The molecule has 9 nitrogen and oxygen atoms in total. The molecule has 2 aromatic heterocycles. The van der Waals surface area contributed by atoms with E-state index in [2.05, 4.69) is 36.7 Å². The molecule has 184 valence electrons. The number of nitrogens with zero attached hydrogens (tertiary/aromatic N) is 4. The fourth-order valence-corrected chi connectivity index (χ4v) is 4.32. The summed E-state index contributed by atoms with van der Waals surface area (Å²) in [6, 6.07) is 11.5. The van der Waals surface area contributed by atoms with Gasteiger partial charge in [-0.15, -0.1) is 0 Å². The van der Waals surface area contributed by atoms with Crippen molar-refractivity contribution >= 4 is 23.2 Å². The van der Waals surface area contributed by atoms with Crippen molar-refractivity contribution in [2.24, 2.45) is 0 Å². The Morgan fingerprint density at radius 1 is 1.17 bits per heavy atom. The lowest BCUT2D eigenvalue weighted by molar-refractivity contribution is -0.130. The summed E-state index contributed by atoms with van der Waals surface area (Å²) in [5, 5.41) is 9.89. The lowest BCUT2D eigenvalue weighted by Crippen LogP contribution is -2.54. The summed E-state index contributed by atoms with van der Waals surface area (Å²) in [5.74, 6) is 0.310. The van der Waals surface area contributed by atoms with Crippen LogP contribution < -0.4 is 15.5 Å². The smallest absolute Gasteiger partial charge is 0.249 e. The van der Waals surface area contributed by atoms with E-state index in [-0.39, 0.29) is 24.7 Å². The van der Waals surface area contributed by atoms with Gasteiger partial charge < -0.3 is 20.1 Å². The van der Waals surface area contributed by atoms with Crippen LogP contribution in [0.2, 0.25) is 0 Å². The minimum Gasteiger partial charge on any atom is -0.371 e. The van der Waals surface area contributed by atoms with Crippen LogP contribution >= 0.6 is 0 Å². The van der Waals surface area contributed by atoms with Gasteiger partial charge in [-0.1, -0.05) is 24.6 Å². The Kier molecular flexibility index (Phi) is 7.74. The second kappa shape index (κ2) is 11.1. The Morgan fingerprint density at radius 3 is 2.74 bits per heavy atom. The summed E-state index contributed by atoms with van der Waals surface area (Å²) in [6.45, 7) is 5.82. The average molecular weight is 477 g/mol. The molecule has 4 rings (SSSR count). The van der Waals surface area contributed by atoms with E-state index in [0.29, 0.717) is 18.1 Å². The van der Waals surface area contributed by atoms with Crippen LogP contribution in [0.25, 0.3) is 11.4 Å². The van der Waals surface area contributed by atoms with Crippen LogP contribution in [0.4, 0.5) is 11.4 Å². The highest BCUT2D eigenvalue weighted by Gasteiger charge is 2.34. The molecule has 0 spiro atoms. The summed E-state index contributed by atoms with van der Waals surface area (Å²) in [7, 11) is 0. The topological polar surface area (TPSA) is 113 Å². The molecule has 1 aliphatic rings. The minimum atomic E-state index is -1.04. The molecule has 35 heavy (non-hydrogen) atoms. The highest BCUT2D eigenvalue weighted by atomic mass is 16.5. The standard InChI is InChI=1S/C26H32N6O3/c1-3-13-26(2,25(34)28-20-9-6-10-21(17-20)32-15-4-5-16-32)30-22(33)11-12-23-29-24(31-35-23)19-8-7-14-27-18-19/h6-10,14,17-18H,3-5,11-13,15-16H2,1-2H3,(H,28,34)(H,30,33)/t26-/m1/s1. The molecule has 9 heteroatoms. The first-order valence-electron chi connectivity index (χ1n) is 12.2. The number of nitrogens with one attached hydrogen (secondary N) is 2. The molecular weight excluding hydrogens is 444 g/mol. The lowest BCUT2D eigenvalue weighted by atomic mass is 9.94. The zero-order valence-corrected chi connectivity index (χ0v) is 20.3. The van der Waals surface area contributed by atoms with E-state index in [4.69, 9.17) is 4.52 Å². The van der Waals surface area contributed by atoms with Crippen molar-refractivity contribution in [2.75, 3.05) is 23.3 Å². The van der Waals surface area contributed by atoms with Crippen molar-refractivity contribution in [3.8, 4) is 11.4 Å². The number of benzene rings is 1. The number of anilines is 2. The molecule has 0 unspecified atom stereocenters. The average Bonchev–Trinajstić information content (AvgIpc) is 3.56. The van der Waals surface area contributed by atoms with Gasteiger partial charge >= 0.3 is 0 Å². The minimum absolute atomic E-state index is 0.131. The Bertz CT molecular complexity index is 1140. The van der Waals surface area contributed by atoms with Gasteiger partial charge in [0.1, 0.15) is 5.54 Å². The van der Waals surface area contributed by atoms with Crippen molar-refractivity contribution in [1.29, 1.82) is 0 Å². The molecular formula is C26H32N6O3. The van der Waals surface area contributed by atoms with Crippen LogP contribution in [0.1, 0.15) is 51.8 Å². The zero-order valence-electron chi connectivity index (χ0n) is 20.3. The van der Waals surface area contributed by atoms with E-state index >= 15 is 0 Å². The van der Waals surface area contributed by atoms with Crippen LogP contribution in [0.15, 0.2) is 53.3 Å². The van der Waals surface area contributed by atoms with Crippen LogP contribution in [0.5, 0.6) is 0 Å². The van der Waals surface area contributed by atoms with Gasteiger partial charge in [0.05, 0.1) is 0 Å². The molecule has 1 saturated heterocycles. The normalized spacial score (nSPS) is 15.0. The first-order chi connectivity index (χ1) is 17.0. The highest BCUT2D eigenvalue weighted by Crippen LogP contribution is 2.25. The maximum absolute atomic E-state index is 13.2. The first-order valence-corrected chi connectivity index (χ1v) is 12.2. The number of aryl methyl sites for hydroxylation is 1. The quantitative estimate of drug-likeness (QED) is 0.455. The van der Waals surface area contributed by atoms with E-state index < -0.39 is 5.54 Å². The molecule has 2 amide bonds. The molecule has 1 atom stereocenters. The highest BCUT2D eigenvalue weighted by molar-refractivity contribution is 6.00. The molecule has 0 saturated carbocycles. The fraction of sp³-hybridized carbons (Fsp3) is 0.423. The second-order valence-corrected chi connectivity index (χ2v) is 9.08. The van der Waals surface area contributed by atoms with E-state index in [0.717, 1.165) is 36.4 Å². The Morgan fingerprint density at radius 2 is 2.00 bits per heavy atom. The number of amides is 2. The van der Waals surface area contributed by atoms with Crippen molar-refractivity contribution in [3.05, 3.63) is 54.7 Å². The zero-order chi connectivity index (χ0) is 24.7. The lowest BCUT2D eigenvalue weighted by Gasteiger charge is -2.29. The molecule has 0 aliphatic carbocycles. The Hall–Kier alpha value is -3.75. The van der Waals surface area contributed by atoms with E-state index in [1.54, 1.807) is 25.4 Å². The number of carbonyl (C=O) groups excluding carboxylic acids is 2. The van der Waals surface area contributed by atoms with Gasteiger partial charge in [0.2, 0.25) is 23.5 Å². The van der Waals surface area contributed by atoms with Gasteiger partial charge in [-0.3, -0.25) is 14.6 Å². The van der Waals surface area contributed by atoms with Gasteiger partial charge in [-0.2, -0.15) is 4.98 Å². The number of aromatic nitrogens is 3. The van der Waals surface area contributed by atoms with Gasteiger partial charge in [0.25, 0.3) is 0 Å². The number of carbonyl (C=O) groups is 2. The summed E-state index contributed by atoms with van der Waals surface area (Å²) in [4.78, 5) is 36.7. The summed E-state index contributed by atoms with van der Waals surface area (Å²) in [5.41, 5.74) is 1.54. The van der Waals surface area contributed by atoms with Crippen molar-refractivity contribution in [3.63, 3.8) is 0 Å². The molecule has 1 fully saturated rings. The monoisotopic (exact) mass is 476 g/mol. The number of hydrogen-bond donors (Lipinski definition) is 2. The predicted octanol–water partition coefficient (Wildman–Crippen LogP) is 3.98. The summed E-state index contributed by atoms with van der Waals surface area (Å²) < 4.78 is 5.27. The third-order valence-corrected chi connectivity index (χ3v) is 6.20. The van der Waals surface area contributed by atoms with Crippen molar-refractivity contribution in [2.45, 2.75) is 57.9 Å². The molecule has 1 aromatic carbocycles. The molecule has 2 N–H and O–H groups in total. The fourth-order valence-electron chi connectivity index (χ4n) is 4.32.